The van der Waals surface area contributed by atoms with Gasteiger partial charge in [-0.1, -0.05) is 13.8 Å². The van der Waals surface area contributed by atoms with Crippen molar-refractivity contribution in [1.29, 1.82) is 0 Å². The molecule has 4 heteroatoms. The molecule has 0 heterocycles. The van der Waals surface area contributed by atoms with Gasteiger partial charge in [-0.25, -0.2) is 0 Å². The predicted octanol–water partition coefficient (Wildman–Crippen LogP) is 2.96. The molecule has 0 radical (unpaired) electrons. The van der Waals surface area contributed by atoms with Crippen LogP contribution in [0.5, 0.6) is 0 Å². The van der Waals surface area contributed by atoms with E-state index in [4.69, 9.17) is 16.3 Å². The van der Waals surface area contributed by atoms with Crippen molar-refractivity contribution in [3.63, 3.8) is 0 Å². The summed E-state index contributed by atoms with van der Waals surface area (Å²) in [5, 5.41) is 2.97. The van der Waals surface area contributed by atoms with E-state index in [1.807, 2.05) is 6.92 Å². The fourth-order valence-corrected chi connectivity index (χ4v) is 2.80. The molecule has 106 valence electrons. The summed E-state index contributed by atoms with van der Waals surface area (Å²) in [5.74, 6) is 1.20. The summed E-state index contributed by atoms with van der Waals surface area (Å²) < 4.78 is 5.48. The molecule has 18 heavy (non-hydrogen) atoms. The summed E-state index contributed by atoms with van der Waals surface area (Å²) in [6.45, 7) is 7.64. The van der Waals surface area contributed by atoms with Crippen molar-refractivity contribution in [3.05, 3.63) is 0 Å². The minimum Gasteiger partial charge on any atom is -0.378 e. The third-order valence-electron chi connectivity index (χ3n) is 3.32. The first-order valence-electron chi connectivity index (χ1n) is 7.03. The van der Waals surface area contributed by atoms with Crippen LogP contribution in [-0.4, -0.2) is 30.5 Å². The first-order chi connectivity index (χ1) is 8.51. The number of nitrogens with one attached hydrogen (secondary N) is 1. The highest BCUT2D eigenvalue weighted by atomic mass is 35.5. The van der Waals surface area contributed by atoms with Gasteiger partial charge >= 0.3 is 0 Å². The summed E-state index contributed by atoms with van der Waals surface area (Å²) >= 11 is 6.13. The molecule has 1 N–H and O–H groups in total. The average Bonchev–Trinajstić information content (AvgIpc) is 2.22. The molecule has 1 unspecified atom stereocenters. The standard InChI is InChI=1S/C14H26ClNO2/c1-4-18-13-6-11(7-13)8-14(17)16-9-12(15)5-10(2)3/h10-13H,4-9H2,1-3H3,(H,16,17). The van der Waals surface area contributed by atoms with Crippen LogP contribution < -0.4 is 5.32 Å². The Labute approximate surface area is 116 Å². The first-order valence-corrected chi connectivity index (χ1v) is 7.47. The Bertz CT molecular complexity index is 252. The maximum absolute atomic E-state index is 11.7. The molecule has 0 saturated heterocycles. The molecule has 0 aromatic carbocycles. The van der Waals surface area contributed by atoms with Gasteiger partial charge < -0.3 is 10.1 Å². The van der Waals surface area contributed by atoms with Crippen molar-refractivity contribution >= 4 is 17.5 Å². The van der Waals surface area contributed by atoms with Crippen LogP contribution in [0.25, 0.3) is 0 Å². The fourth-order valence-electron chi connectivity index (χ4n) is 2.37. The van der Waals surface area contributed by atoms with Gasteiger partial charge in [-0.3, -0.25) is 4.79 Å². The number of rotatable bonds is 8. The van der Waals surface area contributed by atoms with Crippen molar-refractivity contribution in [2.75, 3.05) is 13.2 Å². The van der Waals surface area contributed by atoms with Gasteiger partial charge in [-0.2, -0.15) is 0 Å². The number of carbonyl (C=O) groups is 1. The molecule has 1 rings (SSSR count). The van der Waals surface area contributed by atoms with E-state index in [1.165, 1.54) is 0 Å². The molecular weight excluding hydrogens is 250 g/mol. The highest BCUT2D eigenvalue weighted by Crippen LogP contribution is 2.32. The number of amides is 1. The molecule has 1 fully saturated rings. The second-order valence-electron chi connectivity index (χ2n) is 5.65. The summed E-state index contributed by atoms with van der Waals surface area (Å²) in [5.41, 5.74) is 0. The first kappa shape index (κ1) is 15.8. The van der Waals surface area contributed by atoms with Gasteiger partial charge in [0.1, 0.15) is 0 Å². The number of hydrogen-bond acceptors (Lipinski definition) is 2. The Morgan fingerprint density at radius 1 is 1.44 bits per heavy atom. The van der Waals surface area contributed by atoms with Gasteiger partial charge in [0.05, 0.1) is 11.5 Å². The topological polar surface area (TPSA) is 38.3 Å². The van der Waals surface area contributed by atoms with Crippen molar-refractivity contribution in [2.24, 2.45) is 11.8 Å². The third-order valence-corrected chi connectivity index (χ3v) is 3.65. The Hall–Kier alpha value is -0.280. The SMILES string of the molecule is CCOC1CC(CC(=O)NCC(Cl)CC(C)C)C1. The van der Waals surface area contributed by atoms with E-state index in [0.29, 0.717) is 30.9 Å². The Morgan fingerprint density at radius 2 is 2.11 bits per heavy atom. The van der Waals surface area contributed by atoms with E-state index < -0.39 is 0 Å². The zero-order valence-corrected chi connectivity index (χ0v) is 12.5. The number of hydrogen-bond donors (Lipinski definition) is 1. The van der Waals surface area contributed by atoms with Crippen molar-refractivity contribution < 1.29 is 9.53 Å². The van der Waals surface area contributed by atoms with Gasteiger partial charge in [0, 0.05) is 19.6 Å². The molecule has 3 nitrogen and oxygen atoms in total. The minimum atomic E-state index is 0.0477. The zero-order valence-electron chi connectivity index (χ0n) is 11.7. The summed E-state index contributed by atoms with van der Waals surface area (Å²) in [4.78, 5) is 11.7. The van der Waals surface area contributed by atoms with E-state index in [-0.39, 0.29) is 11.3 Å². The Kier molecular flexibility index (Phi) is 7.02. The smallest absolute Gasteiger partial charge is 0.220 e. The number of halogens is 1. The molecular formula is C14H26ClNO2. The van der Waals surface area contributed by atoms with Gasteiger partial charge in [0.25, 0.3) is 0 Å². The molecule has 1 amide bonds. The van der Waals surface area contributed by atoms with E-state index >= 15 is 0 Å². The van der Waals surface area contributed by atoms with Crippen molar-refractivity contribution in [3.8, 4) is 0 Å². The Balaban J connectivity index is 2.05. The van der Waals surface area contributed by atoms with E-state index in [2.05, 4.69) is 19.2 Å². The van der Waals surface area contributed by atoms with Crippen LogP contribution in [0.4, 0.5) is 0 Å². The number of carbonyl (C=O) groups excluding carboxylic acids is 1. The molecule has 0 spiro atoms. The van der Waals surface area contributed by atoms with Gasteiger partial charge in [0.2, 0.25) is 5.91 Å². The van der Waals surface area contributed by atoms with E-state index in [0.717, 1.165) is 25.9 Å². The predicted molar refractivity (Wildman–Crippen MR) is 74.9 cm³/mol. The second kappa shape index (κ2) is 8.00. The lowest BCUT2D eigenvalue weighted by atomic mass is 9.80. The van der Waals surface area contributed by atoms with Crippen LogP contribution in [0.1, 0.15) is 46.5 Å². The lowest BCUT2D eigenvalue weighted by molar-refractivity contribution is -0.124. The maximum Gasteiger partial charge on any atom is 0.220 e. The third kappa shape index (κ3) is 6.05. The van der Waals surface area contributed by atoms with Crippen LogP contribution >= 0.6 is 11.6 Å². The Morgan fingerprint density at radius 3 is 2.67 bits per heavy atom. The summed E-state index contributed by atoms with van der Waals surface area (Å²) in [6, 6.07) is 0. The monoisotopic (exact) mass is 275 g/mol. The van der Waals surface area contributed by atoms with Crippen molar-refractivity contribution in [1.82, 2.24) is 5.32 Å². The fraction of sp³-hybridized carbons (Fsp3) is 0.929. The van der Waals surface area contributed by atoms with Gasteiger partial charge in [-0.15, -0.1) is 11.6 Å². The summed E-state index contributed by atoms with van der Waals surface area (Å²) in [7, 11) is 0. The largest absolute Gasteiger partial charge is 0.378 e. The average molecular weight is 276 g/mol. The van der Waals surface area contributed by atoms with Crippen LogP contribution in [0.15, 0.2) is 0 Å². The zero-order chi connectivity index (χ0) is 13.5. The normalized spacial score (nSPS) is 24.7. The van der Waals surface area contributed by atoms with Gasteiger partial charge in [-0.05, 0) is 38.0 Å². The molecule has 1 aliphatic carbocycles. The van der Waals surface area contributed by atoms with Crippen LogP contribution in [-0.2, 0) is 9.53 Å². The maximum atomic E-state index is 11.7. The number of alkyl halides is 1. The molecule has 1 atom stereocenters. The van der Waals surface area contributed by atoms with Crippen LogP contribution in [0.3, 0.4) is 0 Å². The molecule has 0 aromatic rings. The number of ether oxygens (including phenoxy) is 1. The molecule has 0 aromatic heterocycles. The lowest BCUT2D eigenvalue weighted by Gasteiger charge is -2.34. The second-order valence-corrected chi connectivity index (χ2v) is 6.27. The highest BCUT2D eigenvalue weighted by Gasteiger charge is 2.30. The van der Waals surface area contributed by atoms with E-state index in [1.54, 1.807) is 0 Å². The molecule has 1 aliphatic rings. The van der Waals surface area contributed by atoms with Crippen LogP contribution in [0.2, 0.25) is 0 Å². The summed E-state index contributed by atoms with van der Waals surface area (Å²) in [6.07, 6.45) is 4.00. The lowest BCUT2D eigenvalue weighted by Crippen LogP contribution is -2.37. The molecule has 1 saturated carbocycles. The van der Waals surface area contributed by atoms with Crippen LogP contribution in [0, 0.1) is 11.8 Å². The van der Waals surface area contributed by atoms with E-state index in [9.17, 15) is 4.79 Å². The quantitative estimate of drug-likeness (QED) is 0.692. The van der Waals surface area contributed by atoms with Crippen molar-refractivity contribution in [2.45, 2.75) is 57.9 Å². The minimum absolute atomic E-state index is 0.0477. The highest BCUT2D eigenvalue weighted by molar-refractivity contribution is 6.20. The van der Waals surface area contributed by atoms with Gasteiger partial charge in [0.15, 0.2) is 0 Å². The molecule has 0 bridgehead atoms. The molecule has 0 aliphatic heterocycles.